The molecule has 1 rings (SSSR count). The lowest BCUT2D eigenvalue weighted by atomic mass is 10.1. The van der Waals surface area contributed by atoms with Crippen molar-refractivity contribution in [2.24, 2.45) is 11.8 Å². The molecule has 1 aliphatic heterocycles. The van der Waals surface area contributed by atoms with E-state index in [-0.39, 0.29) is 11.0 Å². The fourth-order valence-electron chi connectivity index (χ4n) is 1.91. The van der Waals surface area contributed by atoms with Crippen LogP contribution in [0.4, 0.5) is 0 Å². The van der Waals surface area contributed by atoms with Gasteiger partial charge in [-0.2, -0.15) is 0 Å². The van der Waals surface area contributed by atoms with Crippen LogP contribution in [0.3, 0.4) is 0 Å². The molecule has 3 nitrogen and oxygen atoms in total. The van der Waals surface area contributed by atoms with E-state index in [1.165, 1.54) is 11.8 Å². The Morgan fingerprint density at radius 1 is 1.50 bits per heavy atom. The van der Waals surface area contributed by atoms with Gasteiger partial charge in [-0.25, -0.2) is 0 Å². The first-order valence-electron chi connectivity index (χ1n) is 5.84. The lowest BCUT2D eigenvalue weighted by Gasteiger charge is -2.27. The molecular formula is C12H21NO2S. The van der Waals surface area contributed by atoms with Gasteiger partial charge in [0.05, 0.1) is 0 Å². The maximum Gasteiger partial charge on any atom is 0.223 e. The summed E-state index contributed by atoms with van der Waals surface area (Å²) in [6.07, 6.45) is 0.608. The van der Waals surface area contributed by atoms with Crippen molar-refractivity contribution >= 4 is 22.8 Å². The van der Waals surface area contributed by atoms with E-state index in [1.807, 2.05) is 4.90 Å². The maximum atomic E-state index is 11.8. The molecule has 2 unspecified atom stereocenters. The number of carbonyl (C=O) groups excluding carboxylic acids is 2. The van der Waals surface area contributed by atoms with Gasteiger partial charge >= 0.3 is 0 Å². The summed E-state index contributed by atoms with van der Waals surface area (Å²) < 4.78 is 0. The van der Waals surface area contributed by atoms with Crippen LogP contribution >= 0.6 is 11.8 Å². The summed E-state index contributed by atoms with van der Waals surface area (Å²) in [6.45, 7) is 8.77. The second kappa shape index (κ2) is 5.71. The van der Waals surface area contributed by atoms with Gasteiger partial charge < -0.3 is 4.90 Å². The number of hydrogen-bond acceptors (Lipinski definition) is 3. The quantitative estimate of drug-likeness (QED) is 0.759. The molecule has 4 heteroatoms. The van der Waals surface area contributed by atoms with Crippen LogP contribution in [0.1, 0.15) is 34.1 Å². The number of hydrogen-bond donors (Lipinski definition) is 0. The molecule has 0 aromatic rings. The Labute approximate surface area is 102 Å². The van der Waals surface area contributed by atoms with E-state index in [1.54, 1.807) is 6.92 Å². The maximum absolute atomic E-state index is 11.8. The summed E-state index contributed by atoms with van der Waals surface area (Å²) in [7, 11) is 0. The van der Waals surface area contributed by atoms with Gasteiger partial charge in [0.2, 0.25) is 5.91 Å². The minimum Gasteiger partial charge on any atom is -0.339 e. The monoisotopic (exact) mass is 243 g/mol. The van der Waals surface area contributed by atoms with Gasteiger partial charge in [-0.3, -0.25) is 9.59 Å². The van der Waals surface area contributed by atoms with E-state index in [2.05, 4.69) is 20.8 Å². The predicted octanol–water partition coefficient (Wildman–Crippen LogP) is 2.16. The Bertz CT molecular complexity index is 278. The summed E-state index contributed by atoms with van der Waals surface area (Å²) in [6, 6.07) is 0.305. The van der Waals surface area contributed by atoms with E-state index in [4.69, 9.17) is 0 Å². The fourth-order valence-corrected chi connectivity index (χ4v) is 2.60. The Balaban J connectivity index is 2.47. The fraction of sp³-hybridized carbons (Fsp3) is 0.833. The second-order valence-electron chi connectivity index (χ2n) is 4.90. The number of likely N-dealkylation sites (tertiary alicyclic amines) is 1. The molecule has 1 fully saturated rings. The highest BCUT2D eigenvalue weighted by molar-refractivity contribution is 8.13. The summed E-state index contributed by atoms with van der Waals surface area (Å²) in [4.78, 5) is 24.6. The molecule has 0 aromatic carbocycles. The lowest BCUT2D eigenvalue weighted by molar-refractivity contribution is -0.130. The van der Waals surface area contributed by atoms with Crippen LogP contribution in [0.25, 0.3) is 0 Å². The molecule has 0 N–H and O–H groups in total. The molecule has 1 aliphatic rings. The number of amides is 1. The standard InChI is InChI=1S/C12H21NO2S/c1-8(2)9(3)13-6-11(5-12(13)15)7-16-10(4)14/h8-9,11H,5-7H2,1-4H3. The Morgan fingerprint density at radius 3 is 2.62 bits per heavy atom. The van der Waals surface area contributed by atoms with Gasteiger partial charge in [0, 0.05) is 31.7 Å². The summed E-state index contributed by atoms with van der Waals surface area (Å²) in [5, 5.41) is 0.141. The zero-order valence-electron chi connectivity index (χ0n) is 10.5. The van der Waals surface area contributed by atoms with E-state index in [0.29, 0.717) is 24.3 Å². The van der Waals surface area contributed by atoms with Crippen molar-refractivity contribution in [3.05, 3.63) is 0 Å². The van der Waals surface area contributed by atoms with Gasteiger partial charge in [-0.05, 0) is 18.8 Å². The molecule has 0 spiro atoms. The highest BCUT2D eigenvalue weighted by atomic mass is 32.2. The molecular weight excluding hydrogens is 222 g/mol. The Kier molecular flexibility index (Phi) is 4.84. The Hall–Kier alpha value is -0.510. The second-order valence-corrected chi connectivity index (χ2v) is 6.10. The molecule has 0 aromatic heterocycles. The van der Waals surface area contributed by atoms with Crippen molar-refractivity contribution in [1.82, 2.24) is 4.90 Å². The van der Waals surface area contributed by atoms with E-state index in [0.717, 1.165) is 12.3 Å². The van der Waals surface area contributed by atoms with Gasteiger partial charge in [0.25, 0.3) is 0 Å². The topological polar surface area (TPSA) is 37.4 Å². The molecule has 2 atom stereocenters. The number of thioether (sulfide) groups is 1. The minimum atomic E-state index is 0.141. The molecule has 92 valence electrons. The third-order valence-electron chi connectivity index (χ3n) is 3.22. The number of nitrogens with zero attached hydrogens (tertiary/aromatic N) is 1. The third kappa shape index (κ3) is 3.51. The van der Waals surface area contributed by atoms with Crippen LogP contribution < -0.4 is 0 Å². The molecule has 1 saturated heterocycles. The highest BCUT2D eigenvalue weighted by Crippen LogP contribution is 2.25. The third-order valence-corrected chi connectivity index (χ3v) is 4.26. The summed E-state index contributed by atoms with van der Waals surface area (Å²) >= 11 is 1.33. The first-order chi connectivity index (χ1) is 7.41. The van der Waals surface area contributed by atoms with Gasteiger partial charge in [0.15, 0.2) is 5.12 Å². The average molecular weight is 243 g/mol. The van der Waals surface area contributed by atoms with E-state index in [9.17, 15) is 9.59 Å². The van der Waals surface area contributed by atoms with Crippen molar-refractivity contribution in [3.63, 3.8) is 0 Å². The number of carbonyl (C=O) groups is 2. The van der Waals surface area contributed by atoms with Crippen molar-refractivity contribution in [1.29, 1.82) is 0 Å². The largest absolute Gasteiger partial charge is 0.339 e. The first kappa shape index (κ1) is 13.6. The zero-order chi connectivity index (χ0) is 12.3. The smallest absolute Gasteiger partial charge is 0.223 e. The minimum absolute atomic E-state index is 0.141. The van der Waals surface area contributed by atoms with E-state index >= 15 is 0 Å². The summed E-state index contributed by atoms with van der Waals surface area (Å²) in [5.41, 5.74) is 0. The molecule has 0 aliphatic carbocycles. The van der Waals surface area contributed by atoms with Crippen molar-refractivity contribution in [2.45, 2.75) is 40.2 Å². The van der Waals surface area contributed by atoms with Crippen molar-refractivity contribution in [2.75, 3.05) is 12.3 Å². The molecule has 1 heterocycles. The SMILES string of the molecule is CC(=O)SCC1CC(=O)N(C(C)C(C)C)C1. The predicted molar refractivity (Wildman–Crippen MR) is 67.3 cm³/mol. The first-order valence-corrected chi connectivity index (χ1v) is 6.83. The van der Waals surface area contributed by atoms with Crippen LogP contribution in [-0.2, 0) is 9.59 Å². The van der Waals surface area contributed by atoms with Crippen LogP contribution in [-0.4, -0.2) is 34.3 Å². The van der Waals surface area contributed by atoms with E-state index < -0.39 is 0 Å². The van der Waals surface area contributed by atoms with Crippen LogP contribution in [0, 0.1) is 11.8 Å². The normalized spacial score (nSPS) is 22.9. The zero-order valence-corrected chi connectivity index (χ0v) is 11.3. The highest BCUT2D eigenvalue weighted by Gasteiger charge is 2.33. The van der Waals surface area contributed by atoms with Gasteiger partial charge in [-0.15, -0.1) is 0 Å². The molecule has 0 saturated carbocycles. The van der Waals surface area contributed by atoms with Gasteiger partial charge in [-0.1, -0.05) is 25.6 Å². The number of rotatable bonds is 4. The van der Waals surface area contributed by atoms with Gasteiger partial charge in [0.1, 0.15) is 0 Å². The molecule has 1 amide bonds. The lowest BCUT2D eigenvalue weighted by Crippen LogP contribution is -2.37. The summed E-state index contributed by atoms with van der Waals surface area (Å²) in [5.74, 6) is 1.86. The Morgan fingerprint density at radius 2 is 2.12 bits per heavy atom. The molecule has 0 bridgehead atoms. The van der Waals surface area contributed by atoms with Crippen LogP contribution in [0.2, 0.25) is 0 Å². The van der Waals surface area contributed by atoms with Crippen molar-refractivity contribution < 1.29 is 9.59 Å². The van der Waals surface area contributed by atoms with Crippen LogP contribution in [0.15, 0.2) is 0 Å². The van der Waals surface area contributed by atoms with Crippen LogP contribution in [0.5, 0.6) is 0 Å². The van der Waals surface area contributed by atoms with Crippen molar-refractivity contribution in [3.8, 4) is 0 Å². The molecule has 0 radical (unpaired) electrons. The molecule has 16 heavy (non-hydrogen) atoms. The average Bonchev–Trinajstić information content (AvgIpc) is 2.55.